The summed E-state index contributed by atoms with van der Waals surface area (Å²) in [5, 5.41) is 9.91. The Hall–Kier alpha value is -1.68. The van der Waals surface area contributed by atoms with Crippen molar-refractivity contribution >= 4 is 17.3 Å². The molecule has 1 N–H and O–H groups in total. The fourth-order valence-electron chi connectivity index (χ4n) is 2.45. The number of carboxylic acid groups (broad SMARTS) is 1. The van der Waals surface area contributed by atoms with Crippen LogP contribution < -0.4 is 0 Å². The lowest BCUT2D eigenvalue weighted by molar-refractivity contribution is -0.136. The van der Waals surface area contributed by atoms with E-state index in [0.717, 1.165) is 27.6 Å². The van der Waals surface area contributed by atoms with E-state index in [1.54, 1.807) is 11.3 Å². The molecule has 1 aromatic carbocycles. The number of hydrogen-bond acceptors (Lipinski definition) is 3. The third-order valence-electron chi connectivity index (χ3n) is 3.87. The van der Waals surface area contributed by atoms with Crippen molar-refractivity contribution < 1.29 is 9.90 Å². The standard InChI is InChI=1S/C17H19NO2S/c1-2-11-3-5-13(6-4-11)17-18-16(12-7-8-12)14(21-17)9-10-15(19)20/h3-6,12H,2,7-10H2,1H3,(H,19,20). The zero-order chi connectivity index (χ0) is 14.8. The second-order valence-electron chi connectivity index (χ2n) is 5.55. The number of rotatable bonds is 6. The summed E-state index contributed by atoms with van der Waals surface area (Å²) in [4.78, 5) is 16.8. The van der Waals surface area contributed by atoms with Gasteiger partial charge in [-0.3, -0.25) is 4.79 Å². The van der Waals surface area contributed by atoms with Crippen LogP contribution in [0.1, 0.15) is 48.2 Å². The molecule has 1 fully saturated rings. The molecule has 4 heteroatoms. The van der Waals surface area contributed by atoms with Gasteiger partial charge in [-0.15, -0.1) is 11.3 Å². The summed E-state index contributed by atoms with van der Waals surface area (Å²) in [5.41, 5.74) is 3.61. The molecule has 0 atom stereocenters. The maximum atomic E-state index is 10.8. The van der Waals surface area contributed by atoms with E-state index < -0.39 is 5.97 Å². The smallest absolute Gasteiger partial charge is 0.303 e. The average molecular weight is 301 g/mol. The molecule has 2 aromatic rings. The molecule has 21 heavy (non-hydrogen) atoms. The minimum absolute atomic E-state index is 0.191. The van der Waals surface area contributed by atoms with Crippen LogP contribution in [0.2, 0.25) is 0 Å². The first-order valence-electron chi connectivity index (χ1n) is 7.48. The molecule has 0 bridgehead atoms. The van der Waals surface area contributed by atoms with Gasteiger partial charge in [0.15, 0.2) is 0 Å². The number of aliphatic carboxylic acids is 1. The Bertz CT molecular complexity index is 641. The number of aromatic nitrogens is 1. The van der Waals surface area contributed by atoms with Crippen LogP contribution in [-0.4, -0.2) is 16.1 Å². The number of thiazole rings is 1. The Morgan fingerprint density at radius 1 is 1.33 bits per heavy atom. The van der Waals surface area contributed by atoms with Crippen LogP contribution in [0.4, 0.5) is 0 Å². The SMILES string of the molecule is CCc1ccc(-c2nc(C3CC3)c(CCC(=O)O)s2)cc1. The summed E-state index contributed by atoms with van der Waals surface area (Å²) in [6.07, 6.45) is 4.22. The molecular formula is C17H19NO2S. The van der Waals surface area contributed by atoms with Crippen LogP contribution in [0.15, 0.2) is 24.3 Å². The summed E-state index contributed by atoms with van der Waals surface area (Å²) < 4.78 is 0. The van der Waals surface area contributed by atoms with Gasteiger partial charge < -0.3 is 5.11 Å². The molecule has 1 aliphatic rings. The maximum Gasteiger partial charge on any atom is 0.303 e. The molecule has 0 spiro atoms. The van der Waals surface area contributed by atoms with E-state index in [9.17, 15) is 4.79 Å². The molecule has 3 nitrogen and oxygen atoms in total. The number of nitrogens with zero attached hydrogens (tertiary/aromatic N) is 1. The van der Waals surface area contributed by atoms with Gasteiger partial charge in [0.25, 0.3) is 0 Å². The van der Waals surface area contributed by atoms with Crippen LogP contribution in [0, 0.1) is 0 Å². The Balaban J connectivity index is 1.87. The molecule has 0 radical (unpaired) electrons. The van der Waals surface area contributed by atoms with Crippen molar-refractivity contribution in [2.75, 3.05) is 0 Å². The molecule has 110 valence electrons. The van der Waals surface area contributed by atoms with E-state index in [-0.39, 0.29) is 6.42 Å². The minimum Gasteiger partial charge on any atom is -0.481 e. The minimum atomic E-state index is -0.737. The van der Waals surface area contributed by atoms with E-state index in [4.69, 9.17) is 10.1 Å². The summed E-state index contributed by atoms with van der Waals surface area (Å²) in [6.45, 7) is 2.15. The van der Waals surface area contributed by atoms with E-state index in [1.807, 2.05) is 0 Å². The normalized spacial score (nSPS) is 14.3. The van der Waals surface area contributed by atoms with Gasteiger partial charge in [-0.2, -0.15) is 0 Å². The Labute approximate surface area is 128 Å². The predicted octanol–water partition coefficient (Wildman–Crippen LogP) is 4.27. The number of carboxylic acids is 1. The van der Waals surface area contributed by atoms with Crippen LogP contribution in [-0.2, 0) is 17.6 Å². The zero-order valence-corrected chi connectivity index (χ0v) is 12.9. The number of aryl methyl sites for hydroxylation is 2. The lowest BCUT2D eigenvalue weighted by Gasteiger charge is -1.98. The summed E-state index contributed by atoms with van der Waals surface area (Å²) in [6, 6.07) is 8.53. The first kappa shape index (κ1) is 14.3. The highest BCUT2D eigenvalue weighted by Gasteiger charge is 2.29. The molecule has 3 rings (SSSR count). The predicted molar refractivity (Wildman–Crippen MR) is 84.9 cm³/mol. The second kappa shape index (κ2) is 5.98. The molecule has 1 aromatic heterocycles. The number of hydrogen-bond donors (Lipinski definition) is 1. The Morgan fingerprint density at radius 3 is 2.62 bits per heavy atom. The highest BCUT2D eigenvalue weighted by Crippen LogP contribution is 2.44. The zero-order valence-electron chi connectivity index (χ0n) is 12.1. The molecule has 0 saturated heterocycles. The van der Waals surface area contributed by atoms with Crippen LogP contribution in [0.5, 0.6) is 0 Å². The number of carbonyl (C=O) groups is 1. The monoisotopic (exact) mass is 301 g/mol. The molecule has 1 aliphatic carbocycles. The average Bonchev–Trinajstić information content (AvgIpc) is 3.25. The van der Waals surface area contributed by atoms with Crippen molar-refractivity contribution in [3.8, 4) is 10.6 Å². The van der Waals surface area contributed by atoms with Crippen molar-refractivity contribution in [1.82, 2.24) is 4.98 Å². The van der Waals surface area contributed by atoms with Crippen molar-refractivity contribution in [1.29, 1.82) is 0 Å². The van der Waals surface area contributed by atoms with E-state index in [1.165, 1.54) is 18.4 Å². The quantitative estimate of drug-likeness (QED) is 0.867. The van der Waals surface area contributed by atoms with Crippen LogP contribution in [0.3, 0.4) is 0 Å². The number of benzene rings is 1. The van der Waals surface area contributed by atoms with Crippen molar-refractivity contribution in [2.24, 2.45) is 0 Å². The largest absolute Gasteiger partial charge is 0.481 e. The fraction of sp³-hybridized carbons (Fsp3) is 0.412. The van der Waals surface area contributed by atoms with Gasteiger partial charge in [-0.1, -0.05) is 31.2 Å². The molecule has 0 amide bonds. The first-order valence-corrected chi connectivity index (χ1v) is 8.29. The van der Waals surface area contributed by atoms with E-state index in [2.05, 4.69) is 31.2 Å². The molecular weight excluding hydrogens is 282 g/mol. The van der Waals surface area contributed by atoms with Gasteiger partial charge in [-0.05, 0) is 31.2 Å². The molecule has 1 heterocycles. The van der Waals surface area contributed by atoms with Gasteiger partial charge >= 0.3 is 5.97 Å². The topological polar surface area (TPSA) is 50.2 Å². The summed E-state index contributed by atoms with van der Waals surface area (Å²) in [7, 11) is 0. The Kier molecular flexibility index (Phi) is 4.06. The summed E-state index contributed by atoms with van der Waals surface area (Å²) >= 11 is 1.66. The van der Waals surface area contributed by atoms with Gasteiger partial charge in [-0.25, -0.2) is 4.98 Å². The maximum absolute atomic E-state index is 10.8. The summed E-state index contributed by atoms with van der Waals surface area (Å²) in [5.74, 6) is -0.173. The van der Waals surface area contributed by atoms with Gasteiger partial charge in [0.05, 0.1) is 12.1 Å². The third-order valence-corrected chi connectivity index (χ3v) is 5.05. The first-order chi connectivity index (χ1) is 10.2. The second-order valence-corrected chi connectivity index (χ2v) is 6.63. The lowest BCUT2D eigenvalue weighted by Crippen LogP contribution is -1.98. The molecule has 0 unspecified atom stereocenters. The van der Waals surface area contributed by atoms with Gasteiger partial charge in [0, 0.05) is 16.4 Å². The highest BCUT2D eigenvalue weighted by atomic mass is 32.1. The van der Waals surface area contributed by atoms with Crippen LogP contribution in [0.25, 0.3) is 10.6 Å². The Morgan fingerprint density at radius 2 is 2.05 bits per heavy atom. The van der Waals surface area contributed by atoms with E-state index in [0.29, 0.717) is 12.3 Å². The van der Waals surface area contributed by atoms with E-state index >= 15 is 0 Å². The van der Waals surface area contributed by atoms with Gasteiger partial charge in [0.2, 0.25) is 0 Å². The molecule has 1 saturated carbocycles. The van der Waals surface area contributed by atoms with Crippen LogP contribution >= 0.6 is 11.3 Å². The van der Waals surface area contributed by atoms with Gasteiger partial charge in [0.1, 0.15) is 5.01 Å². The third kappa shape index (κ3) is 3.32. The molecule has 0 aliphatic heterocycles. The fourth-order valence-corrected chi connectivity index (χ4v) is 3.60. The van der Waals surface area contributed by atoms with Crippen molar-refractivity contribution in [3.05, 3.63) is 40.4 Å². The van der Waals surface area contributed by atoms with Crippen molar-refractivity contribution in [2.45, 2.75) is 44.9 Å². The lowest BCUT2D eigenvalue weighted by atomic mass is 10.1. The van der Waals surface area contributed by atoms with Crippen molar-refractivity contribution in [3.63, 3.8) is 0 Å². The highest BCUT2D eigenvalue weighted by molar-refractivity contribution is 7.15.